The maximum absolute atomic E-state index is 12.6. The van der Waals surface area contributed by atoms with Crippen LogP contribution in [0.4, 0.5) is 5.69 Å². The van der Waals surface area contributed by atoms with Crippen LogP contribution in [0, 0.1) is 0 Å². The molecule has 3 rings (SSSR count). The second-order valence-corrected chi connectivity index (χ2v) is 5.47. The summed E-state index contributed by atoms with van der Waals surface area (Å²) in [6, 6.07) is 13.8. The lowest BCUT2D eigenvalue weighted by molar-refractivity contribution is 0.101. The number of amides is 1. The first-order valence-electron chi connectivity index (χ1n) is 7.68. The molecule has 0 unspecified atom stereocenters. The Morgan fingerprint density at radius 2 is 1.64 bits per heavy atom. The van der Waals surface area contributed by atoms with Gasteiger partial charge in [-0.3, -0.25) is 9.59 Å². The van der Waals surface area contributed by atoms with Crippen molar-refractivity contribution in [2.45, 2.75) is 0 Å². The molecule has 1 heterocycles. The summed E-state index contributed by atoms with van der Waals surface area (Å²) in [4.78, 5) is 25.3. The van der Waals surface area contributed by atoms with Crippen molar-refractivity contribution < 1.29 is 14.3 Å². The Kier molecular flexibility index (Phi) is 4.43. The summed E-state index contributed by atoms with van der Waals surface area (Å²) in [6.45, 7) is 0. The summed E-state index contributed by atoms with van der Waals surface area (Å²) < 4.78 is 12.3. The molecule has 0 saturated heterocycles. The monoisotopic (exact) mass is 338 g/mol. The van der Waals surface area contributed by atoms with E-state index in [4.69, 9.17) is 9.47 Å². The Morgan fingerprint density at radius 1 is 1.00 bits per heavy atom. The van der Waals surface area contributed by atoms with Gasteiger partial charge in [-0.2, -0.15) is 0 Å². The maximum atomic E-state index is 12.6. The van der Waals surface area contributed by atoms with E-state index in [1.807, 2.05) is 18.2 Å². The minimum Gasteiger partial charge on any atom is -0.496 e. The predicted octanol–water partition coefficient (Wildman–Crippen LogP) is 2.81. The molecule has 0 radical (unpaired) electrons. The fourth-order valence-electron chi connectivity index (χ4n) is 2.81. The minimum absolute atomic E-state index is 0.230. The highest BCUT2D eigenvalue weighted by atomic mass is 16.5. The first-order chi connectivity index (χ1) is 12.1. The molecule has 0 spiro atoms. The summed E-state index contributed by atoms with van der Waals surface area (Å²) in [6.07, 6.45) is 0. The highest BCUT2D eigenvalue weighted by molar-refractivity contribution is 6.05. The Hall–Kier alpha value is -3.28. The van der Waals surface area contributed by atoms with Gasteiger partial charge in [-0.15, -0.1) is 0 Å². The Balaban J connectivity index is 2.19. The second kappa shape index (κ2) is 6.68. The average molecular weight is 338 g/mol. The molecule has 25 heavy (non-hydrogen) atoms. The van der Waals surface area contributed by atoms with Gasteiger partial charge in [0.1, 0.15) is 17.2 Å². The van der Waals surface area contributed by atoms with Gasteiger partial charge in [0, 0.05) is 18.8 Å². The maximum Gasteiger partial charge on any atom is 0.272 e. The van der Waals surface area contributed by atoms with Crippen LogP contribution in [0.25, 0.3) is 10.9 Å². The van der Waals surface area contributed by atoms with E-state index in [-0.39, 0.29) is 17.0 Å². The van der Waals surface area contributed by atoms with Gasteiger partial charge in [0.05, 0.1) is 25.1 Å². The lowest BCUT2D eigenvalue weighted by Crippen LogP contribution is -2.22. The smallest absolute Gasteiger partial charge is 0.272 e. The van der Waals surface area contributed by atoms with Gasteiger partial charge in [-0.1, -0.05) is 18.2 Å². The molecule has 0 bridgehead atoms. The quantitative estimate of drug-likeness (QED) is 0.794. The number of nitrogens with one attached hydrogen (secondary N) is 1. The number of aryl methyl sites for hydroxylation is 1. The number of benzene rings is 2. The van der Waals surface area contributed by atoms with E-state index in [1.165, 1.54) is 20.3 Å². The van der Waals surface area contributed by atoms with E-state index in [1.54, 1.807) is 35.9 Å². The fourth-order valence-corrected chi connectivity index (χ4v) is 2.81. The fraction of sp³-hybridized carbons (Fsp3) is 0.158. The molecule has 0 atom stereocenters. The van der Waals surface area contributed by atoms with E-state index in [9.17, 15) is 9.59 Å². The van der Waals surface area contributed by atoms with Crippen molar-refractivity contribution in [3.8, 4) is 11.5 Å². The molecule has 0 aliphatic carbocycles. The van der Waals surface area contributed by atoms with Crippen molar-refractivity contribution in [2.24, 2.45) is 7.05 Å². The van der Waals surface area contributed by atoms with Crippen molar-refractivity contribution >= 4 is 22.5 Å². The number of ether oxygens (including phenoxy) is 2. The minimum atomic E-state index is -0.377. The van der Waals surface area contributed by atoms with Crippen molar-refractivity contribution in [2.75, 3.05) is 19.5 Å². The third-order valence-corrected chi connectivity index (χ3v) is 4.02. The van der Waals surface area contributed by atoms with Crippen LogP contribution in [0.1, 0.15) is 10.5 Å². The number of pyridine rings is 1. The Bertz CT molecular complexity index is 994. The summed E-state index contributed by atoms with van der Waals surface area (Å²) in [7, 11) is 4.72. The van der Waals surface area contributed by atoms with Gasteiger partial charge >= 0.3 is 0 Å². The van der Waals surface area contributed by atoms with Gasteiger partial charge in [0.2, 0.25) is 0 Å². The molecule has 0 fully saturated rings. The zero-order valence-corrected chi connectivity index (χ0v) is 14.2. The Morgan fingerprint density at radius 3 is 2.28 bits per heavy atom. The number of anilines is 1. The predicted molar refractivity (Wildman–Crippen MR) is 96.7 cm³/mol. The number of rotatable bonds is 4. The first kappa shape index (κ1) is 16.6. The number of methoxy groups -OCH3 is 2. The molecule has 6 nitrogen and oxygen atoms in total. The van der Waals surface area contributed by atoms with Gasteiger partial charge < -0.3 is 19.4 Å². The molecule has 0 aliphatic rings. The number of carbonyl (C=O) groups is 1. The normalized spacial score (nSPS) is 10.5. The van der Waals surface area contributed by atoms with Crippen LogP contribution in [-0.2, 0) is 7.05 Å². The van der Waals surface area contributed by atoms with Crippen LogP contribution < -0.4 is 20.2 Å². The number of nitrogens with zero attached hydrogens (tertiary/aromatic N) is 1. The molecule has 6 heteroatoms. The molecule has 0 saturated carbocycles. The lowest BCUT2D eigenvalue weighted by Gasteiger charge is -2.16. The highest BCUT2D eigenvalue weighted by Crippen LogP contribution is 2.31. The summed E-state index contributed by atoms with van der Waals surface area (Å²) in [5.41, 5.74) is 1.08. The summed E-state index contributed by atoms with van der Waals surface area (Å²) >= 11 is 0. The van der Waals surface area contributed by atoms with Crippen molar-refractivity contribution in [1.82, 2.24) is 4.57 Å². The number of hydrogen-bond donors (Lipinski definition) is 1. The number of aromatic nitrogens is 1. The van der Waals surface area contributed by atoms with Crippen LogP contribution in [-0.4, -0.2) is 24.7 Å². The molecular formula is C19H18N2O4. The SMILES string of the molecule is COc1ccc(OC)c2c1c(=O)cc(C(=O)Nc1ccccc1)n2C. The molecule has 2 aromatic carbocycles. The van der Waals surface area contributed by atoms with Crippen LogP contribution in [0.2, 0.25) is 0 Å². The molecule has 3 aromatic rings. The van der Waals surface area contributed by atoms with Gasteiger partial charge in [-0.25, -0.2) is 0 Å². The number of para-hydroxylation sites is 1. The van der Waals surface area contributed by atoms with E-state index >= 15 is 0 Å². The number of fused-ring (bicyclic) bond motifs is 1. The molecule has 1 amide bonds. The number of carbonyl (C=O) groups excluding carboxylic acids is 1. The van der Waals surface area contributed by atoms with E-state index in [0.717, 1.165) is 0 Å². The summed E-state index contributed by atoms with van der Waals surface area (Å²) in [5.74, 6) is 0.550. The van der Waals surface area contributed by atoms with Gasteiger partial charge in [0.25, 0.3) is 5.91 Å². The zero-order valence-electron chi connectivity index (χ0n) is 14.2. The van der Waals surface area contributed by atoms with Crippen LogP contribution in [0.5, 0.6) is 11.5 Å². The molecule has 1 aromatic heterocycles. The number of hydrogen-bond acceptors (Lipinski definition) is 4. The molecule has 0 aliphatic heterocycles. The zero-order chi connectivity index (χ0) is 18.0. The molecule has 1 N–H and O–H groups in total. The third kappa shape index (κ3) is 2.94. The summed E-state index contributed by atoms with van der Waals surface area (Å²) in [5, 5.41) is 3.16. The van der Waals surface area contributed by atoms with Gasteiger partial charge in [-0.05, 0) is 24.3 Å². The van der Waals surface area contributed by atoms with Crippen molar-refractivity contribution in [3.05, 3.63) is 64.4 Å². The molecular weight excluding hydrogens is 320 g/mol. The van der Waals surface area contributed by atoms with E-state index < -0.39 is 0 Å². The van der Waals surface area contributed by atoms with E-state index in [0.29, 0.717) is 28.1 Å². The topological polar surface area (TPSA) is 69.6 Å². The second-order valence-electron chi connectivity index (χ2n) is 5.47. The average Bonchev–Trinajstić information content (AvgIpc) is 2.64. The lowest BCUT2D eigenvalue weighted by atomic mass is 10.1. The van der Waals surface area contributed by atoms with E-state index in [2.05, 4.69) is 5.32 Å². The van der Waals surface area contributed by atoms with Crippen LogP contribution >= 0.6 is 0 Å². The Labute approximate surface area is 144 Å². The largest absolute Gasteiger partial charge is 0.496 e. The van der Waals surface area contributed by atoms with Crippen LogP contribution in [0.15, 0.2) is 53.3 Å². The van der Waals surface area contributed by atoms with Crippen LogP contribution in [0.3, 0.4) is 0 Å². The first-order valence-corrected chi connectivity index (χ1v) is 7.68. The van der Waals surface area contributed by atoms with Crippen molar-refractivity contribution in [3.63, 3.8) is 0 Å². The third-order valence-electron chi connectivity index (χ3n) is 4.02. The highest BCUT2D eigenvalue weighted by Gasteiger charge is 2.19. The molecule has 128 valence electrons. The standard InChI is InChI=1S/C19H18N2O4/c1-21-13(19(23)20-12-7-5-4-6-8-12)11-14(22)17-15(24-2)9-10-16(25-3)18(17)21/h4-11H,1-3H3,(H,20,23). The van der Waals surface area contributed by atoms with Crippen molar-refractivity contribution in [1.29, 1.82) is 0 Å². The van der Waals surface area contributed by atoms with Gasteiger partial charge in [0.15, 0.2) is 5.43 Å².